The van der Waals surface area contributed by atoms with Crippen LogP contribution in [0.2, 0.25) is 0 Å². The largest absolute Gasteiger partial charge is 0.494 e. The molecule has 1 atom stereocenters. The third-order valence-electron chi connectivity index (χ3n) is 6.93. The number of hydrogen-bond acceptors (Lipinski definition) is 9. The molecule has 14 heteroatoms. The molecule has 0 bridgehead atoms. The lowest BCUT2D eigenvalue weighted by molar-refractivity contribution is -0.140. The molecular formula is C28H34F3N5O5S. The Morgan fingerprint density at radius 2 is 1.95 bits per heavy atom. The molecule has 1 saturated heterocycles. The van der Waals surface area contributed by atoms with Crippen molar-refractivity contribution in [1.29, 1.82) is 0 Å². The number of aliphatic hydroxyl groups is 2. The fraction of sp³-hybridized carbons (Fsp3) is 0.464. The number of halogens is 3. The lowest BCUT2D eigenvalue weighted by Gasteiger charge is -2.33. The molecular weight excluding hydrogens is 575 g/mol. The molecule has 1 fully saturated rings. The monoisotopic (exact) mass is 609 g/mol. The van der Waals surface area contributed by atoms with Gasteiger partial charge in [-0.25, -0.2) is 13.4 Å². The summed E-state index contributed by atoms with van der Waals surface area (Å²) in [5.41, 5.74) is 1.70. The number of ether oxygens (including phenoxy) is 1. The van der Waals surface area contributed by atoms with E-state index >= 15 is 0 Å². The lowest BCUT2D eigenvalue weighted by Crippen LogP contribution is -2.43. The van der Waals surface area contributed by atoms with Gasteiger partial charge in [0, 0.05) is 49.1 Å². The number of β-amino-alcohol motifs (C(OH)–C–C–N with tert-alkyl or cyclic N) is 1. The average molecular weight is 610 g/mol. The van der Waals surface area contributed by atoms with Gasteiger partial charge in [0.25, 0.3) is 0 Å². The number of hydrogen-bond donors (Lipinski definition) is 4. The number of likely N-dealkylation sites (tertiary alicyclic amines) is 1. The second-order valence-electron chi connectivity index (χ2n) is 10.2. The highest BCUT2D eigenvalue weighted by Gasteiger charge is 2.30. The SMILES string of the molecule is COc1cc(S(C)(=O)=O)ncc1NCC#Cc1cc2c(NC3CCN(CC(O)CO)CC3)cccc2n1CC(F)(F)F. The average Bonchev–Trinajstić information content (AvgIpc) is 3.28. The zero-order valence-corrected chi connectivity index (χ0v) is 24.1. The molecule has 4 N–H and O–H groups in total. The summed E-state index contributed by atoms with van der Waals surface area (Å²) < 4.78 is 70.6. The summed E-state index contributed by atoms with van der Waals surface area (Å²) in [7, 11) is -2.15. The summed E-state index contributed by atoms with van der Waals surface area (Å²) in [6.45, 7) is 0.388. The van der Waals surface area contributed by atoms with Gasteiger partial charge >= 0.3 is 6.18 Å². The van der Waals surface area contributed by atoms with E-state index in [1.54, 1.807) is 18.2 Å². The third kappa shape index (κ3) is 8.07. The number of pyridine rings is 1. The minimum atomic E-state index is -4.46. The molecule has 4 rings (SSSR count). The Morgan fingerprint density at radius 3 is 2.60 bits per heavy atom. The first-order chi connectivity index (χ1) is 19.9. The number of nitrogens with one attached hydrogen (secondary N) is 2. The van der Waals surface area contributed by atoms with Crippen LogP contribution >= 0.6 is 0 Å². The van der Waals surface area contributed by atoms with E-state index in [1.807, 2.05) is 6.07 Å². The molecule has 2 aromatic heterocycles. The van der Waals surface area contributed by atoms with Crippen LogP contribution in [0.4, 0.5) is 24.5 Å². The summed E-state index contributed by atoms with van der Waals surface area (Å²) in [4.78, 5) is 5.99. The Hall–Kier alpha value is -3.51. The summed E-state index contributed by atoms with van der Waals surface area (Å²) in [5.74, 6) is 5.93. The van der Waals surface area contributed by atoms with Gasteiger partial charge in [0.15, 0.2) is 14.9 Å². The Morgan fingerprint density at radius 1 is 1.21 bits per heavy atom. The van der Waals surface area contributed by atoms with Crippen molar-refractivity contribution in [3.8, 4) is 17.6 Å². The van der Waals surface area contributed by atoms with E-state index in [4.69, 9.17) is 9.84 Å². The summed E-state index contributed by atoms with van der Waals surface area (Å²) in [6, 6.07) is 8.20. The standard InChI is InChI=1S/C28H34F3N5O5S/c1-41-26-14-27(42(2,39)40)33-15-24(26)32-10-4-5-20-13-22-23(6-3-7-25(22)36(20)18-28(29,30)31)34-19-8-11-35(12-9-19)16-21(38)17-37/h3,6-7,13-15,19,21,32,34,37-38H,8-12,16-18H2,1-2H3. The number of alkyl halides is 3. The number of nitrogens with zero attached hydrogens (tertiary/aromatic N) is 3. The fourth-order valence-electron chi connectivity index (χ4n) is 4.90. The predicted octanol–water partition coefficient (Wildman–Crippen LogP) is 2.70. The number of sulfone groups is 1. The Balaban J connectivity index is 1.53. The number of aliphatic hydroxyl groups excluding tert-OH is 2. The highest BCUT2D eigenvalue weighted by Crippen LogP contribution is 2.31. The summed E-state index contributed by atoms with van der Waals surface area (Å²) >= 11 is 0. The van der Waals surface area contributed by atoms with E-state index in [9.17, 15) is 26.7 Å². The maximum atomic E-state index is 13.6. The van der Waals surface area contributed by atoms with E-state index < -0.39 is 28.7 Å². The number of rotatable bonds is 10. The predicted molar refractivity (Wildman–Crippen MR) is 153 cm³/mol. The second-order valence-corrected chi connectivity index (χ2v) is 12.1. The normalized spacial score (nSPS) is 15.7. The van der Waals surface area contributed by atoms with Crippen molar-refractivity contribution in [1.82, 2.24) is 14.5 Å². The molecule has 10 nitrogen and oxygen atoms in total. The molecule has 0 aliphatic carbocycles. The first-order valence-corrected chi connectivity index (χ1v) is 15.2. The molecule has 42 heavy (non-hydrogen) atoms. The first-order valence-electron chi connectivity index (χ1n) is 13.3. The van der Waals surface area contributed by atoms with Crippen LogP contribution in [0.3, 0.4) is 0 Å². The number of benzene rings is 1. The van der Waals surface area contributed by atoms with Crippen LogP contribution in [0.1, 0.15) is 18.5 Å². The third-order valence-corrected chi connectivity index (χ3v) is 7.92. The van der Waals surface area contributed by atoms with Crippen LogP contribution < -0.4 is 15.4 Å². The zero-order chi connectivity index (χ0) is 30.5. The van der Waals surface area contributed by atoms with Gasteiger partial charge in [-0.05, 0) is 37.0 Å². The van der Waals surface area contributed by atoms with Gasteiger partial charge in [-0.3, -0.25) is 0 Å². The van der Waals surface area contributed by atoms with Crippen molar-refractivity contribution >= 4 is 32.1 Å². The highest BCUT2D eigenvalue weighted by atomic mass is 32.2. The zero-order valence-electron chi connectivity index (χ0n) is 23.3. The molecule has 3 heterocycles. The van der Waals surface area contributed by atoms with Crippen molar-refractivity contribution < 1.29 is 36.5 Å². The van der Waals surface area contributed by atoms with Gasteiger partial charge in [0.1, 0.15) is 12.3 Å². The molecule has 0 saturated carbocycles. The number of fused-ring (bicyclic) bond motifs is 1. The minimum absolute atomic E-state index is 0.0401. The quantitative estimate of drug-likeness (QED) is 0.257. The first kappa shape index (κ1) is 31.4. The maximum Gasteiger partial charge on any atom is 0.406 e. The van der Waals surface area contributed by atoms with E-state index in [0.29, 0.717) is 28.8 Å². The second kappa shape index (κ2) is 13.2. The maximum absolute atomic E-state index is 13.6. The molecule has 0 amide bonds. The summed E-state index contributed by atoms with van der Waals surface area (Å²) in [5, 5.41) is 25.7. The minimum Gasteiger partial charge on any atom is -0.494 e. The molecule has 1 aliphatic heterocycles. The lowest BCUT2D eigenvalue weighted by atomic mass is 10.0. The Bertz CT molecular complexity index is 1560. The van der Waals surface area contributed by atoms with Crippen LogP contribution in [0, 0.1) is 11.8 Å². The van der Waals surface area contributed by atoms with Gasteiger partial charge < -0.3 is 35.1 Å². The highest BCUT2D eigenvalue weighted by molar-refractivity contribution is 7.90. The van der Waals surface area contributed by atoms with Crippen molar-refractivity contribution in [2.45, 2.75) is 42.7 Å². The van der Waals surface area contributed by atoms with E-state index in [1.165, 1.54) is 19.4 Å². The molecule has 0 radical (unpaired) electrons. The summed E-state index contributed by atoms with van der Waals surface area (Å²) in [6.07, 6.45) is -1.36. The van der Waals surface area contributed by atoms with Gasteiger partial charge in [0.2, 0.25) is 0 Å². The van der Waals surface area contributed by atoms with Crippen molar-refractivity contribution in [2.75, 3.05) is 56.8 Å². The number of aromatic nitrogens is 2. The van der Waals surface area contributed by atoms with Crippen molar-refractivity contribution in [3.05, 3.63) is 42.2 Å². The fourth-order valence-corrected chi connectivity index (χ4v) is 5.46. The number of anilines is 2. The smallest absolute Gasteiger partial charge is 0.406 e. The van der Waals surface area contributed by atoms with E-state index in [0.717, 1.165) is 36.8 Å². The number of piperidine rings is 1. The van der Waals surface area contributed by atoms with Crippen LogP contribution in [0.25, 0.3) is 10.9 Å². The Kier molecular flexibility index (Phi) is 9.88. The van der Waals surface area contributed by atoms with E-state index in [-0.39, 0.29) is 35.7 Å². The molecule has 0 spiro atoms. The van der Waals surface area contributed by atoms with Crippen LogP contribution in [-0.4, -0.2) is 97.6 Å². The molecule has 1 aliphatic rings. The molecule has 228 valence electrons. The Labute approximate surface area is 242 Å². The molecule has 1 aromatic carbocycles. The van der Waals surface area contributed by atoms with Gasteiger partial charge in [-0.2, -0.15) is 13.2 Å². The van der Waals surface area contributed by atoms with Crippen LogP contribution in [-0.2, 0) is 16.4 Å². The van der Waals surface area contributed by atoms with Crippen molar-refractivity contribution in [3.63, 3.8) is 0 Å². The van der Waals surface area contributed by atoms with Gasteiger partial charge in [-0.15, -0.1) is 0 Å². The molecule has 3 aromatic rings. The van der Waals surface area contributed by atoms with E-state index in [2.05, 4.69) is 32.4 Å². The topological polar surface area (TPSA) is 129 Å². The van der Waals surface area contributed by atoms with Crippen molar-refractivity contribution in [2.24, 2.45) is 0 Å². The molecule has 1 unspecified atom stereocenters. The van der Waals surface area contributed by atoms with Gasteiger partial charge in [-0.1, -0.05) is 12.0 Å². The van der Waals surface area contributed by atoms with Crippen LogP contribution in [0.5, 0.6) is 5.75 Å². The van der Waals surface area contributed by atoms with Gasteiger partial charge in [0.05, 0.1) is 49.5 Å². The van der Waals surface area contributed by atoms with Crippen LogP contribution in [0.15, 0.2) is 41.6 Å². The number of methoxy groups -OCH3 is 1.